The fourth-order valence-electron chi connectivity index (χ4n) is 3.37. The van der Waals surface area contributed by atoms with Crippen molar-refractivity contribution in [1.82, 2.24) is 14.9 Å². The monoisotopic (exact) mass is 357 g/mol. The highest BCUT2D eigenvalue weighted by Gasteiger charge is 2.26. The molecule has 0 saturated heterocycles. The summed E-state index contributed by atoms with van der Waals surface area (Å²) < 4.78 is 13.0. The molecule has 1 N–H and O–H groups in total. The molecule has 0 saturated carbocycles. The molecule has 0 spiro atoms. The second kappa shape index (κ2) is 7.02. The zero-order chi connectivity index (χ0) is 18.9. The first-order valence-electron chi connectivity index (χ1n) is 8.91. The van der Waals surface area contributed by atoms with Gasteiger partial charge in [-0.1, -0.05) is 0 Å². The molecule has 6 heteroatoms. The van der Waals surface area contributed by atoms with Crippen LogP contribution in [0.5, 0.6) is 11.5 Å². The molecule has 1 aliphatic heterocycles. The number of aromatic nitrogens is 2. The number of aryl methyl sites for hydroxylation is 1. The fourth-order valence-corrected chi connectivity index (χ4v) is 3.37. The van der Waals surface area contributed by atoms with Crippen molar-refractivity contribution in [2.75, 3.05) is 14.2 Å². The molecule has 26 heavy (non-hydrogen) atoms. The fraction of sp³-hybridized carbons (Fsp3) is 0.500. The van der Waals surface area contributed by atoms with Gasteiger partial charge < -0.3 is 19.4 Å². The van der Waals surface area contributed by atoms with Gasteiger partial charge in [-0.05, 0) is 45.4 Å². The minimum absolute atomic E-state index is 0.130. The highest BCUT2D eigenvalue weighted by Crippen LogP contribution is 2.36. The number of methoxy groups -OCH3 is 2. The van der Waals surface area contributed by atoms with Crippen LogP contribution in [0.2, 0.25) is 0 Å². The van der Waals surface area contributed by atoms with Crippen LogP contribution in [-0.2, 0) is 13.0 Å². The summed E-state index contributed by atoms with van der Waals surface area (Å²) in [5, 5.41) is 2.97. The molecule has 0 bridgehead atoms. The Balaban J connectivity index is 1.83. The summed E-state index contributed by atoms with van der Waals surface area (Å²) in [4.78, 5) is 16.9. The Bertz CT molecular complexity index is 805. The van der Waals surface area contributed by atoms with Gasteiger partial charge in [0, 0.05) is 36.2 Å². The Morgan fingerprint density at radius 1 is 1.27 bits per heavy atom. The summed E-state index contributed by atoms with van der Waals surface area (Å²) >= 11 is 0. The van der Waals surface area contributed by atoms with Gasteiger partial charge in [0.2, 0.25) is 0 Å². The predicted molar refractivity (Wildman–Crippen MR) is 100 cm³/mol. The Hall–Kier alpha value is -2.50. The normalized spacial score (nSPS) is 16.7. The number of rotatable bonds is 4. The number of carbonyl (C=O) groups is 1. The number of imidazole rings is 1. The first kappa shape index (κ1) is 18.3. The van der Waals surface area contributed by atoms with E-state index >= 15 is 0 Å². The number of amides is 1. The van der Waals surface area contributed by atoms with E-state index in [1.165, 1.54) is 0 Å². The summed E-state index contributed by atoms with van der Waals surface area (Å²) in [5.74, 6) is 2.81. The standard InChI is InChI=1S/C20H27N3O3/c1-20(2,3)22-19(24)16-12-23-11-13(6-9-18(23)21-16)15-10-14(25-4)7-8-17(15)26-5/h7-8,10,12-13H,6,9,11H2,1-5H3,(H,22,24). The molecule has 0 aliphatic carbocycles. The Morgan fingerprint density at radius 3 is 2.69 bits per heavy atom. The third-order valence-electron chi connectivity index (χ3n) is 4.59. The van der Waals surface area contributed by atoms with E-state index in [1.807, 2.05) is 45.2 Å². The molecule has 2 heterocycles. The lowest BCUT2D eigenvalue weighted by atomic mass is 9.90. The van der Waals surface area contributed by atoms with Gasteiger partial charge in [-0.15, -0.1) is 0 Å². The van der Waals surface area contributed by atoms with Gasteiger partial charge in [0.25, 0.3) is 5.91 Å². The topological polar surface area (TPSA) is 65.4 Å². The maximum atomic E-state index is 12.4. The SMILES string of the molecule is COc1ccc(OC)c(C2CCc3nc(C(=O)NC(C)(C)C)cn3C2)c1. The summed E-state index contributed by atoms with van der Waals surface area (Å²) in [6.07, 6.45) is 3.64. The Kier molecular flexibility index (Phi) is 4.94. The van der Waals surface area contributed by atoms with Crippen LogP contribution in [0.1, 0.15) is 55.0 Å². The third-order valence-corrected chi connectivity index (χ3v) is 4.59. The van der Waals surface area contributed by atoms with Gasteiger partial charge in [0.1, 0.15) is 23.0 Å². The van der Waals surface area contributed by atoms with E-state index in [0.717, 1.165) is 42.3 Å². The van der Waals surface area contributed by atoms with Crippen molar-refractivity contribution >= 4 is 5.91 Å². The first-order valence-corrected chi connectivity index (χ1v) is 8.91. The first-order chi connectivity index (χ1) is 12.3. The zero-order valence-electron chi connectivity index (χ0n) is 16.1. The van der Waals surface area contributed by atoms with Crippen molar-refractivity contribution in [3.8, 4) is 11.5 Å². The molecule has 1 unspecified atom stereocenters. The lowest BCUT2D eigenvalue weighted by molar-refractivity contribution is 0.0914. The summed E-state index contributed by atoms with van der Waals surface area (Å²) in [7, 11) is 3.35. The number of nitrogens with zero attached hydrogens (tertiary/aromatic N) is 2. The van der Waals surface area contributed by atoms with Crippen LogP contribution in [0.15, 0.2) is 24.4 Å². The minimum atomic E-state index is -0.280. The van der Waals surface area contributed by atoms with E-state index < -0.39 is 0 Å². The van der Waals surface area contributed by atoms with Crippen molar-refractivity contribution < 1.29 is 14.3 Å². The van der Waals surface area contributed by atoms with Crippen LogP contribution in [0.3, 0.4) is 0 Å². The zero-order valence-corrected chi connectivity index (χ0v) is 16.1. The molecule has 2 aromatic rings. The maximum absolute atomic E-state index is 12.4. The van der Waals surface area contributed by atoms with Crippen LogP contribution in [0, 0.1) is 0 Å². The molecule has 0 radical (unpaired) electrons. The predicted octanol–water partition coefficient (Wildman–Crippen LogP) is 3.16. The van der Waals surface area contributed by atoms with Gasteiger partial charge in [0.05, 0.1) is 14.2 Å². The summed E-state index contributed by atoms with van der Waals surface area (Å²) in [6, 6.07) is 5.89. The van der Waals surface area contributed by atoms with Crippen molar-refractivity contribution in [1.29, 1.82) is 0 Å². The van der Waals surface area contributed by atoms with E-state index in [4.69, 9.17) is 9.47 Å². The molecule has 1 atom stereocenters. The second-order valence-electron chi connectivity index (χ2n) is 7.74. The van der Waals surface area contributed by atoms with Crippen molar-refractivity contribution in [3.05, 3.63) is 41.5 Å². The average molecular weight is 357 g/mol. The van der Waals surface area contributed by atoms with E-state index in [2.05, 4.69) is 14.9 Å². The largest absolute Gasteiger partial charge is 0.497 e. The number of fused-ring (bicyclic) bond motifs is 1. The molecule has 1 aromatic heterocycles. The van der Waals surface area contributed by atoms with E-state index in [1.54, 1.807) is 14.2 Å². The van der Waals surface area contributed by atoms with Crippen LogP contribution >= 0.6 is 0 Å². The molecule has 3 rings (SSSR count). The minimum Gasteiger partial charge on any atom is -0.497 e. The molecule has 1 aromatic carbocycles. The molecule has 6 nitrogen and oxygen atoms in total. The quantitative estimate of drug-likeness (QED) is 0.913. The van der Waals surface area contributed by atoms with Crippen molar-refractivity contribution in [2.24, 2.45) is 0 Å². The van der Waals surface area contributed by atoms with Crippen LogP contribution in [0.25, 0.3) is 0 Å². The Labute approximate surface area is 154 Å². The number of benzene rings is 1. The van der Waals surface area contributed by atoms with Crippen LogP contribution in [-0.4, -0.2) is 35.2 Å². The van der Waals surface area contributed by atoms with Crippen molar-refractivity contribution in [3.63, 3.8) is 0 Å². The van der Waals surface area contributed by atoms with Gasteiger partial charge in [-0.25, -0.2) is 4.98 Å². The molecule has 1 aliphatic rings. The third kappa shape index (κ3) is 3.84. The highest BCUT2D eigenvalue weighted by molar-refractivity contribution is 5.92. The lowest BCUT2D eigenvalue weighted by Crippen LogP contribution is -2.40. The average Bonchev–Trinajstić information content (AvgIpc) is 3.03. The van der Waals surface area contributed by atoms with Gasteiger partial charge in [-0.2, -0.15) is 0 Å². The van der Waals surface area contributed by atoms with Crippen LogP contribution in [0.4, 0.5) is 0 Å². The molecule has 1 amide bonds. The Morgan fingerprint density at radius 2 is 2.04 bits per heavy atom. The molecule has 0 fully saturated rings. The molecular formula is C20H27N3O3. The number of ether oxygens (including phenoxy) is 2. The number of hydrogen-bond donors (Lipinski definition) is 1. The lowest BCUT2D eigenvalue weighted by Gasteiger charge is -2.25. The van der Waals surface area contributed by atoms with E-state index in [0.29, 0.717) is 11.6 Å². The van der Waals surface area contributed by atoms with Gasteiger partial charge >= 0.3 is 0 Å². The van der Waals surface area contributed by atoms with E-state index in [9.17, 15) is 4.79 Å². The number of carbonyl (C=O) groups excluding carboxylic acids is 1. The summed E-state index contributed by atoms with van der Waals surface area (Å²) in [6.45, 7) is 6.67. The number of nitrogens with one attached hydrogen (secondary N) is 1. The summed E-state index contributed by atoms with van der Waals surface area (Å²) in [5.41, 5.74) is 1.33. The van der Waals surface area contributed by atoms with E-state index in [-0.39, 0.29) is 11.4 Å². The van der Waals surface area contributed by atoms with Crippen molar-refractivity contribution in [2.45, 2.75) is 51.6 Å². The van der Waals surface area contributed by atoms with Gasteiger partial charge in [-0.3, -0.25) is 4.79 Å². The second-order valence-corrected chi connectivity index (χ2v) is 7.74. The molecular weight excluding hydrogens is 330 g/mol. The van der Waals surface area contributed by atoms with Crippen LogP contribution < -0.4 is 14.8 Å². The van der Waals surface area contributed by atoms with Gasteiger partial charge in [0.15, 0.2) is 0 Å². The maximum Gasteiger partial charge on any atom is 0.271 e. The molecule has 140 valence electrons. The number of hydrogen-bond acceptors (Lipinski definition) is 4. The smallest absolute Gasteiger partial charge is 0.271 e. The highest BCUT2D eigenvalue weighted by atomic mass is 16.5.